The van der Waals surface area contributed by atoms with Gasteiger partial charge in [0.25, 0.3) is 5.56 Å². The Morgan fingerprint density at radius 2 is 1.94 bits per heavy atom. The first-order chi connectivity index (χ1) is 14.9. The molecule has 31 heavy (non-hydrogen) atoms. The first kappa shape index (κ1) is 22.4. The zero-order chi connectivity index (χ0) is 22.5. The first-order valence-electron chi connectivity index (χ1n) is 10.8. The van der Waals surface area contributed by atoms with Crippen LogP contribution in [0.25, 0.3) is 11.0 Å². The van der Waals surface area contributed by atoms with E-state index < -0.39 is 11.2 Å². The Kier molecular flexibility index (Phi) is 6.99. The normalized spacial score (nSPS) is 11.2. The molecule has 0 spiro atoms. The summed E-state index contributed by atoms with van der Waals surface area (Å²) in [4.78, 5) is 42.0. The topological polar surface area (TPSA) is 114 Å². The summed E-state index contributed by atoms with van der Waals surface area (Å²) in [7, 11) is 0. The monoisotopic (exact) mass is 426 g/mol. The number of fused-ring (bicyclic) bond motifs is 1. The summed E-state index contributed by atoms with van der Waals surface area (Å²) in [6.07, 6.45) is 4.78. The van der Waals surface area contributed by atoms with Crippen LogP contribution in [0.5, 0.6) is 0 Å². The highest BCUT2D eigenvalue weighted by molar-refractivity contribution is 5.98. The van der Waals surface area contributed by atoms with Crippen molar-refractivity contribution in [3.8, 4) is 0 Å². The number of unbranched alkanes of at least 4 members (excludes halogenated alkanes) is 2. The molecule has 1 aromatic carbocycles. The number of aromatic amines is 1. The molecule has 0 bridgehead atoms. The molecule has 8 nitrogen and oxygen atoms in total. The molecular weight excluding hydrogens is 396 g/mol. The smallest absolute Gasteiger partial charge is 0.330 e. The van der Waals surface area contributed by atoms with Crippen LogP contribution in [0.4, 0.5) is 11.5 Å². The number of amides is 1. The van der Waals surface area contributed by atoms with Gasteiger partial charge in [-0.25, -0.2) is 4.79 Å². The summed E-state index contributed by atoms with van der Waals surface area (Å²) in [5, 5.41) is 0.865. The molecular formula is C23H30N4O4. The molecule has 3 aromatic rings. The number of nitrogens with one attached hydrogen (secondary N) is 1. The molecule has 3 rings (SSSR count). The van der Waals surface area contributed by atoms with E-state index in [-0.39, 0.29) is 23.8 Å². The second kappa shape index (κ2) is 9.68. The number of benzene rings is 1. The number of nitrogens with zero attached hydrogens (tertiary/aromatic N) is 2. The number of H-pyrrole nitrogens is 1. The molecule has 2 aromatic heterocycles. The van der Waals surface area contributed by atoms with Gasteiger partial charge in [0.05, 0.1) is 12.7 Å². The number of anilines is 2. The minimum absolute atomic E-state index is 0.0272. The number of hydrogen-bond acceptors (Lipinski definition) is 5. The van der Waals surface area contributed by atoms with E-state index in [0.29, 0.717) is 25.1 Å². The summed E-state index contributed by atoms with van der Waals surface area (Å²) >= 11 is 0. The van der Waals surface area contributed by atoms with Crippen LogP contribution in [0, 0.1) is 6.92 Å². The molecule has 166 valence electrons. The highest BCUT2D eigenvalue weighted by atomic mass is 16.3. The van der Waals surface area contributed by atoms with Gasteiger partial charge in [-0.1, -0.05) is 38.8 Å². The zero-order valence-electron chi connectivity index (χ0n) is 18.4. The molecule has 8 heteroatoms. The molecule has 2 heterocycles. The Hall–Kier alpha value is -3.29. The lowest BCUT2D eigenvalue weighted by Crippen LogP contribution is -2.42. The van der Waals surface area contributed by atoms with Crippen molar-refractivity contribution in [1.82, 2.24) is 9.55 Å². The van der Waals surface area contributed by atoms with Crippen LogP contribution in [0.2, 0.25) is 0 Å². The molecule has 0 aliphatic heterocycles. The number of hydrogen-bond donors (Lipinski definition) is 2. The molecule has 0 atom stereocenters. The fourth-order valence-electron chi connectivity index (χ4n) is 3.64. The molecule has 1 amide bonds. The summed E-state index contributed by atoms with van der Waals surface area (Å²) in [5.41, 5.74) is 7.61. The standard InChI is InChI=1S/C23H30N4O4/c1-4-6-10-26(20-21(24)27(11-7-5-2)23(30)25-22(20)29)19(28)13-16-14-31-18-12-15(3)8-9-17(16)18/h8-9,12,14H,4-7,10-11,13,24H2,1-3H3,(H,25,29,30). The van der Waals surface area contributed by atoms with Gasteiger partial charge in [-0.3, -0.25) is 19.1 Å². The van der Waals surface area contributed by atoms with E-state index in [1.54, 1.807) is 6.26 Å². The molecule has 0 aliphatic carbocycles. The minimum Gasteiger partial charge on any atom is -0.464 e. The van der Waals surface area contributed by atoms with E-state index in [2.05, 4.69) is 4.98 Å². The van der Waals surface area contributed by atoms with Crippen LogP contribution in [-0.4, -0.2) is 22.0 Å². The molecule has 3 N–H and O–H groups in total. The lowest BCUT2D eigenvalue weighted by Gasteiger charge is -2.24. The Bertz CT molecular complexity index is 1190. The molecule has 0 saturated carbocycles. The van der Waals surface area contributed by atoms with Crippen molar-refractivity contribution in [3.63, 3.8) is 0 Å². The number of carbonyl (C=O) groups excluding carboxylic acids is 1. The Morgan fingerprint density at radius 3 is 2.65 bits per heavy atom. The van der Waals surface area contributed by atoms with E-state index >= 15 is 0 Å². The maximum atomic E-state index is 13.3. The fourth-order valence-corrected chi connectivity index (χ4v) is 3.64. The predicted molar refractivity (Wildman–Crippen MR) is 123 cm³/mol. The highest BCUT2D eigenvalue weighted by Crippen LogP contribution is 2.25. The average molecular weight is 427 g/mol. The fraction of sp³-hybridized carbons (Fsp3) is 0.435. The molecule has 0 saturated heterocycles. The Balaban J connectivity index is 2.00. The van der Waals surface area contributed by atoms with Crippen molar-refractivity contribution >= 4 is 28.4 Å². The van der Waals surface area contributed by atoms with E-state index in [9.17, 15) is 14.4 Å². The number of carbonyl (C=O) groups is 1. The molecule has 0 unspecified atom stereocenters. The average Bonchev–Trinajstić information content (AvgIpc) is 3.11. The van der Waals surface area contributed by atoms with Crippen molar-refractivity contribution in [2.45, 2.75) is 59.4 Å². The molecule has 0 radical (unpaired) electrons. The first-order valence-corrected chi connectivity index (χ1v) is 10.8. The van der Waals surface area contributed by atoms with E-state index in [0.717, 1.165) is 35.8 Å². The van der Waals surface area contributed by atoms with E-state index in [1.165, 1.54) is 9.47 Å². The summed E-state index contributed by atoms with van der Waals surface area (Å²) in [6.45, 7) is 6.70. The van der Waals surface area contributed by atoms with Crippen molar-refractivity contribution < 1.29 is 9.21 Å². The van der Waals surface area contributed by atoms with Crippen LogP contribution in [-0.2, 0) is 17.8 Å². The van der Waals surface area contributed by atoms with Gasteiger partial charge in [-0.15, -0.1) is 0 Å². The summed E-state index contributed by atoms with van der Waals surface area (Å²) in [6, 6.07) is 5.82. The van der Waals surface area contributed by atoms with Crippen molar-refractivity contribution in [1.29, 1.82) is 0 Å². The number of aromatic nitrogens is 2. The van der Waals surface area contributed by atoms with E-state index in [4.69, 9.17) is 10.2 Å². The SMILES string of the molecule is CCCCN(C(=O)Cc1coc2cc(C)ccc12)c1c(N)n(CCCC)c(=O)[nH]c1=O. The van der Waals surface area contributed by atoms with Gasteiger partial charge in [0.1, 0.15) is 11.4 Å². The second-order valence-corrected chi connectivity index (χ2v) is 7.83. The third kappa shape index (κ3) is 4.73. The van der Waals surface area contributed by atoms with Crippen LogP contribution < -0.4 is 21.9 Å². The van der Waals surface area contributed by atoms with Gasteiger partial charge >= 0.3 is 5.69 Å². The second-order valence-electron chi connectivity index (χ2n) is 7.83. The van der Waals surface area contributed by atoms with Crippen molar-refractivity contribution in [2.24, 2.45) is 0 Å². The zero-order valence-corrected chi connectivity index (χ0v) is 18.4. The number of furan rings is 1. The minimum atomic E-state index is -0.646. The lowest BCUT2D eigenvalue weighted by molar-refractivity contribution is -0.118. The van der Waals surface area contributed by atoms with Gasteiger partial charge in [0.15, 0.2) is 5.69 Å². The third-order valence-electron chi connectivity index (χ3n) is 5.41. The summed E-state index contributed by atoms with van der Waals surface area (Å²) in [5.74, 6) is -0.242. The maximum absolute atomic E-state index is 13.3. The highest BCUT2D eigenvalue weighted by Gasteiger charge is 2.25. The number of nitrogen functional groups attached to an aromatic ring is 1. The van der Waals surface area contributed by atoms with E-state index in [1.807, 2.05) is 39.0 Å². The van der Waals surface area contributed by atoms with Crippen molar-refractivity contribution in [3.05, 3.63) is 56.4 Å². The van der Waals surface area contributed by atoms with Gasteiger partial charge in [-0.2, -0.15) is 0 Å². The quantitative estimate of drug-likeness (QED) is 0.545. The van der Waals surface area contributed by atoms with Crippen LogP contribution >= 0.6 is 0 Å². The van der Waals surface area contributed by atoms with Crippen LogP contribution in [0.15, 0.2) is 38.5 Å². The van der Waals surface area contributed by atoms with Crippen LogP contribution in [0.1, 0.15) is 50.7 Å². The Labute approximate surface area is 180 Å². The molecule has 0 fully saturated rings. The van der Waals surface area contributed by atoms with Crippen molar-refractivity contribution in [2.75, 3.05) is 17.2 Å². The van der Waals surface area contributed by atoms with Gasteiger partial charge in [0, 0.05) is 24.0 Å². The van der Waals surface area contributed by atoms with Gasteiger partial charge in [-0.05, 0) is 31.4 Å². The molecule has 0 aliphatic rings. The number of nitrogens with two attached hydrogens (primary N) is 1. The number of aryl methyl sites for hydroxylation is 1. The predicted octanol–water partition coefficient (Wildman–Crippen LogP) is 3.35. The van der Waals surface area contributed by atoms with Gasteiger partial charge in [0.2, 0.25) is 5.91 Å². The number of rotatable bonds is 9. The summed E-state index contributed by atoms with van der Waals surface area (Å²) < 4.78 is 6.95. The largest absolute Gasteiger partial charge is 0.464 e. The third-order valence-corrected chi connectivity index (χ3v) is 5.41. The van der Waals surface area contributed by atoms with Crippen LogP contribution in [0.3, 0.4) is 0 Å². The maximum Gasteiger partial charge on any atom is 0.330 e. The Morgan fingerprint density at radius 1 is 1.19 bits per heavy atom. The van der Waals surface area contributed by atoms with Gasteiger partial charge < -0.3 is 15.1 Å². The lowest BCUT2D eigenvalue weighted by atomic mass is 10.1.